The van der Waals surface area contributed by atoms with E-state index in [1.54, 1.807) is 19.1 Å². The van der Waals surface area contributed by atoms with Crippen molar-refractivity contribution in [1.29, 1.82) is 0 Å². The third-order valence-electron chi connectivity index (χ3n) is 2.38. The van der Waals surface area contributed by atoms with Crippen LogP contribution in [0.15, 0.2) is 24.3 Å². The van der Waals surface area contributed by atoms with Crippen molar-refractivity contribution in [3.8, 4) is 0 Å². The highest BCUT2D eigenvalue weighted by atomic mass is 19.1. The Hall–Kier alpha value is -1.58. The zero-order chi connectivity index (χ0) is 11.4. The van der Waals surface area contributed by atoms with Gasteiger partial charge in [0.15, 0.2) is 0 Å². The molecule has 1 amide bonds. The zero-order valence-corrected chi connectivity index (χ0v) is 8.90. The third kappa shape index (κ3) is 2.68. The number of carbonyl (C=O) groups is 1. The molecule has 3 nitrogen and oxygen atoms in total. The van der Waals surface area contributed by atoms with Gasteiger partial charge in [0.2, 0.25) is 5.91 Å². The largest absolute Gasteiger partial charge is 0.368 e. The summed E-state index contributed by atoms with van der Waals surface area (Å²) < 4.78 is 12.7. The Morgan fingerprint density at radius 2 is 2.00 bits per heavy atom. The smallest absolute Gasteiger partial charge is 0.239 e. The molecular weight excluding hydrogens is 195 g/mol. The van der Waals surface area contributed by atoms with Gasteiger partial charge in [-0.2, -0.15) is 0 Å². The first-order valence-corrected chi connectivity index (χ1v) is 4.87. The van der Waals surface area contributed by atoms with Gasteiger partial charge < -0.3 is 10.6 Å². The van der Waals surface area contributed by atoms with Crippen molar-refractivity contribution in [1.82, 2.24) is 0 Å². The highest BCUT2D eigenvalue weighted by Gasteiger charge is 2.17. The predicted octanol–water partition coefficient (Wildman–Crippen LogP) is 1.53. The molecule has 0 aliphatic rings. The number of rotatable bonds is 4. The summed E-state index contributed by atoms with van der Waals surface area (Å²) in [5.41, 5.74) is 6.02. The van der Waals surface area contributed by atoms with Crippen molar-refractivity contribution in [2.45, 2.75) is 19.9 Å². The number of primary amides is 1. The van der Waals surface area contributed by atoms with E-state index >= 15 is 0 Å². The molecule has 0 aliphatic carbocycles. The molecule has 2 N–H and O–H groups in total. The highest BCUT2D eigenvalue weighted by molar-refractivity contribution is 5.83. The number of carbonyl (C=O) groups excluding carboxylic acids is 1. The Labute approximate surface area is 88.7 Å². The summed E-state index contributed by atoms with van der Waals surface area (Å²) >= 11 is 0. The van der Waals surface area contributed by atoms with Crippen LogP contribution in [-0.4, -0.2) is 18.5 Å². The van der Waals surface area contributed by atoms with Gasteiger partial charge in [-0.3, -0.25) is 4.79 Å². The van der Waals surface area contributed by atoms with Crippen LogP contribution in [0, 0.1) is 5.82 Å². The molecule has 0 bridgehead atoms. The maximum absolute atomic E-state index is 12.7. The lowest BCUT2D eigenvalue weighted by molar-refractivity contribution is -0.118. The first-order valence-electron chi connectivity index (χ1n) is 4.87. The standard InChI is InChI=1S/C11H15FN2O/c1-3-14(8(2)11(13)15)10-6-4-9(12)5-7-10/h4-8H,3H2,1-2H3,(H2,13,15)/t8-/m0/s1. The molecule has 1 aromatic rings. The fourth-order valence-electron chi connectivity index (χ4n) is 1.47. The number of anilines is 1. The molecule has 4 heteroatoms. The van der Waals surface area contributed by atoms with Crippen molar-refractivity contribution in [3.63, 3.8) is 0 Å². The average molecular weight is 210 g/mol. The number of nitrogens with two attached hydrogens (primary N) is 1. The Balaban J connectivity index is 2.92. The van der Waals surface area contributed by atoms with E-state index in [4.69, 9.17) is 5.73 Å². The summed E-state index contributed by atoms with van der Waals surface area (Å²) in [5, 5.41) is 0. The number of nitrogens with zero attached hydrogens (tertiary/aromatic N) is 1. The van der Waals surface area contributed by atoms with Gasteiger partial charge in [-0.15, -0.1) is 0 Å². The third-order valence-corrected chi connectivity index (χ3v) is 2.38. The molecule has 0 unspecified atom stereocenters. The maximum atomic E-state index is 12.7. The summed E-state index contributed by atoms with van der Waals surface area (Å²) in [7, 11) is 0. The van der Waals surface area contributed by atoms with Crippen molar-refractivity contribution < 1.29 is 9.18 Å². The van der Waals surface area contributed by atoms with Crippen LogP contribution in [0.4, 0.5) is 10.1 Å². The zero-order valence-electron chi connectivity index (χ0n) is 8.90. The van der Waals surface area contributed by atoms with Gasteiger partial charge >= 0.3 is 0 Å². The average Bonchev–Trinajstić information content (AvgIpc) is 2.21. The molecule has 0 aromatic heterocycles. The van der Waals surface area contributed by atoms with Gasteiger partial charge in [0.1, 0.15) is 11.9 Å². The predicted molar refractivity (Wildman–Crippen MR) is 58.1 cm³/mol. The molecule has 1 aromatic carbocycles. The molecule has 1 rings (SSSR count). The van der Waals surface area contributed by atoms with Crippen LogP contribution in [0.2, 0.25) is 0 Å². The Morgan fingerprint density at radius 1 is 1.47 bits per heavy atom. The molecule has 0 radical (unpaired) electrons. The number of hydrogen-bond donors (Lipinski definition) is 1. The van der Waals surface area contributed by atoms with E-state index < -0.39 is 0 Å². The highest BCUT2D eigenvalue weighted by Crippen LogP contribution is 2.17. The lowest BCUT2D eigenvalue weighted by atomic mass is 10.2. The second-order valence-electron chi connectivity index (χ2n) is 3.34. The summed E-state index contributed by atoms with van der Waals surface area (Å²) in [6.45, 7) is 4.30. The molecule has 0 heterocycles. The van der Waals surface area contributed by atoms with E-state index in [0.29, 0.717) is 6.54 Å². The van der Waals surface area contributed by atoms with Crippen LogP contribution in [-0.2, 0) is 4.79 Å². The van der Waals surface area contributed by atoms with E-state index in [1.807, 2.05) is 11.8 Å². The van der Waals surface area contributed by atoms with Gasteiger partial charge in [0.05, 0.1) is 0 Å². The quantitative estimate of drug-likeness (QED) is 0.819. The molecule has 0 aliphatic heterocycles. The Kier molecular flexibility index (Phi) is 3.66. The lowest BCUT2D eigenvalue weighted by Gasteiger charge is -2.27. The molecule has 0 saturated carbocycles. The van der Waals surface area contributed by atoms with Gasteiger partial charge in [-0.25, -0.2) is 4.39 Å². The van der Waals surface area contributed by atoms with E-state index in [-0.39, 0.29) is 17.8 Å². The molecule has 82 valence electrons. The van der Waals surface area contributed by atoms with Crippen LogP contribution < -0.4 is 10.6 Å². The topological polar surface area (TPSA) is 46.3 Å². The summed E-state index contributed by atoms with van der Waals surface area (Å²) in [6.07, 6.45) is 0. The summed E-state index contributed by atoms with van der Waals surface area (Å²) in [5.74, 6) is -0.678. The minimum absolute atomic E-state index is 0.290. The van der Waals surface area contributed by atoms with Crippen LogP contribution in [0.3, 0.4) is 0 Å². The van der Waals surface area contributed by atoms with Crippen molar-refractivity contribution in [2.75, 3.05) is 11.4 Å². The Morgan fingerprint density at radius 3 is 2.40 bits per heavy atom. The maximum Gasteiger partial charge on any atom is 0.239 e. The van der Waals surface area contributed by atoms with Gasteiger partial charge in [-0.1, -0.05) is 0 Å². The van der Waals surface area contributed by atoms with Gasteiger partial charge in [0, 0.05) is 12.2 Å². The number of benzene rings is 1. The van der Waals surface area contributed by atoms with E-state index in [0.717, 1.165) is 5.69 Å². The minimum Gasteiger partial charge on any atom is -0.368 e. The summed E-state index contributed by atoms with van der Waals surface area (Å²) in [6, 6.07) is 5.62. The van der Waals surface area contributed by atoms with Crippen molar-refractivity contribution >= 4 is 11.6 Å². The second-order valence-corrected chi connectivity index (χ2v) is 3.34. The fraction of sp³-hybridized carbons (Fsp3) is 0.364. The molecule has 0 fully saturated rings. The van der Waals surface area contributed by atoms with Crippen LogP contribution in [0.1, 0.15) is 13.8 Å². The normalized spacial score (nSPS) is 12.2. The number of amides is 1. The first-order chi connectivity index (χ1) is 7.06. The molecule has 15 heavy (non-hydrogen) atoms. The first kappa shape index (κ1) is 11.5. The summed E-state index contributed by atoms with van der Waals surface area (Å²) in [4.78, 5) is 12.9. The molecule has 0 spiro atoms. The van der Waals surface area contributed by atoms with Gasteiger partial charge in [-0.05, 0) is 38.1 Å². The van der Waals surface area contributed by atoms with Gasteiger partial charge in [0.25, 0.3) is 0 Å². The monoisotopic (exact) mass is 210 g/mol. The van der Waals surface area contributed by atoms with E-state index in [9.17, 15) is 9.18 Å². The molecule has 1 atom stereocenters. The van der Waals surface area contributed by atoms with E-state index in [1.165, 1.54) is 12.1 Å². The van der Waals surface area contributed by atoms with E-state index in [2.05, 4.69) is 0 Å². The van der Waals surface area contributed by atoms with Crippen molar-refractivity contribution in [3.05, 3.63) is 30.1 Å². The number of likely N-dealkylation sites (N-methyl/N-ethyl adjacent to an activating group) is 1. The molecular formula is C11H15FN2O. The minimum atomic E-state index is -0.388. The second kappa shape index (κ2) is 4.77. The van der Waals surface area contributed by atoms with Crippen LogP contribution >= 0.6 is 0 Å². The van der Waals surface area contributed by atoms with Crippen LogP contribution in [0.5, 0.6) is 0 Å². The van der Waals surface area contributed by atoms with Crippen LogP contribution in [0.25, 0.3) is 0 Å². The number of halogens is 1. The van der Waals surface area contributed by atoms with Crippen molar-refractivity contribution in [2.24, 2.45) is 5.73 Å². The number of hydrogen-bond acceptors (Lipinski definition) is 2. The molecule has 0 saturated heterocycles. The fourth-order valence-corrected chi connectivity index (χ4v) is 1.47. The lowest BCUT2D eigenvalue weighted by Crippen LogP contribution is -2.42. The Bertz CT molecular complexity index is 337. The SMILES string of the molecule is CCN(c1ccc(F)cc1)[C@@H](C)C(N)=O.